The van der Waals surface area contributed by atoms with Crippen LogP contribution < -0.4 is 9.64 Å². The third-order valence-corrected chi connectivity index (χ3v) is 4.51. The molecule has 2 aromatic rings. The normalized spacial score (nSPS) is 15.5. The molecule has 0 radical (unpaired) electrons. The number of ether oxygens (including phenoxy) is 1. The van der Waals surface area contributed by atoms with Crippen molar-refractivity contribution in [2.24, 2.45) is 0 Å². The summed E-state index contributed by atoms with van der Waals surface area (Å²) in [6, 6.07) is 1.88. The quantitative estimate of drug-likeness (QED) is 0.852. The van der Waals surface area contributed by atoms with Gasteiger partial charge < -0.3 is 14.5 Å². The highest BCUT2D eigenvalue weighted by Gasteiger charge is 2.21. The second-order valence-corrected chi connectivity index (χ2v) is 6.81. The zero-order valence-corrected chi connectivity index (χ0v) is 14.8. The molecule has 0 N–H and O–H groups in total. The van der Waals surface area contributed by atoms with E-state index in [0.717, 1.165) is 37.4 Å². The minimum atomic E-state index is 0.0670. The SMILES string of the molecule is CC(C)Oc1cncc(N2CCCN(C(=O)c3ccsc3)CC2)n1. The first-order valence-electron chi connectivity index (χ1n) is 8.18. The average molecular weight is 346 g/mol. The van der Waals surface area contributed by atoms with Gasteiger partial charge in [0.15, 0.2) is 5.82 Å². The number of hydrogen-bond acceptors (Lipinski definition) is 6. The lowest BCUT2D eigenvalue weighted by Crippen LogP contribution is -2.35. The first kappa shape index (κ1) is 16.7. The van der Waals surface area contributed by atoms with Crippen molar-refractivity contribution in [1.82, 2.24) is 14.9 Å². The monoisotopic (exact) mass is 346 g/mol. The van der Waals surface area contributed by atoms with Crippen molar-refractivity contribution in [1.29, 1.82) is 0 Å². The second-order valence-electron chi connectivity index (χ2n) is 6.03. The van der Waals surface area contributed by atoms with E-state index in [0.29, 0.717) is 12.4 Å². The Balaban J connectivity index is 1.66. The minimum absolute atomic E-state index is 0.0670. The third-order valence-electron chi connectivity index (χ3n) is 3.83. The zero-order chi connectivity index (χ0) is 16.9. The van der Waals surface area contributed by atoms with E-state index in [1.54, 1.807) is 23.7 Å². The number of thiophene rings is 1. The minimum Gasteiger partial charge on any atom is -0.474 e. The van der Waals surface area contributed by atoms with Gasteiger partial charge in [-0.1, -0.05) is 0 Å². The first-order valence-corrected chi connectivity index (χ1v) is 9.13. The molecule has 1 aliphatic rings. The standard InChI is InChI=1S/C17H22N4O2S/c1-13(2)23-16-11-18-10-15(19-16)20-5-3-6-21(8-7-20)17(22)14-4-9-24-12-14/h4,9-13H,3,5-8H2,1-2H3. The van der Waals surface area contributed by atoms with Gasteiger partial charge in [0.25, 0.3) is 5.91 Å². The smallest absolute Gasteiger partial charge is 0.254 e. The van der Waals surface area contributed by atoms with E-state index >= 15 is 0 Å². The van der Waals surface area contributed by atoms with Crippen molar-refractivity contribution in [2.45, 2.75) is 26.4 Å². The maximum absolute atomic E-state index is 12.5. The molecule has 0 atom stereocenters. The number of rotatable bonds is 4. The van der Waals surface area contributed by atoms with Gasteiger partial charge in [-0.05, 0) is 31.7 Å². The van der Waals surface area contributed by atoms with Crippen LogP contribution in [-0.2, 0) is 0 Å². The fourth-order valence-corrected chi connectivity index (χ4v) is 3.34. The van der Waals surface area contributed by atoms with Gasteiger partial charge in [0.2, 0.25) is 5.88 Å². The topological polar surface area (TPSA) is 58.6 Å². The summed E-state index contributed by atoms with van der Waals surface area (Å²) < 4.78 is 5.62. The summed E-state index contributed by atoms with van der Waals surface area (Å²) in [5.74, 6) is 1.46. The Hall–Kier alpha value is -2.15. The van der Waals surface area contributed by atoms with Crippen LogP contribution in [0.2, 0.25) is 0 Å². The van der Waals surface area contributed by atoms with Crippen molar-refractivity contribution < 1.29 is 9.53 Å². The number of aromatic nitrogens is 2. The van der Waals surface area contributed by atoms with Crippen molar-refractivity contribution in [3.05, 3.63) is 34.8 Å². The van der Waals surface area contributed by atoms with Gasteiger partial charge in [-0.2, -0.15) is 16.3 Å². The third kappa shape index (κ3) is 4.03. The molecule has 128 valence electrons. The summed E-state index contributed by atoms with van der Waals surface area (Å²) >= 11 is 1.55. The molecule has 2 aromatic heterocycles. The Kier molecular flexibility index (Phi) is 5.30. The molecule has 1 saturated heterocycles. The summed E-state index contributed by atoms with van der Waals surface area (Å²) in [7, 11) is 0. The fraction of sp³-hybridized carbons (Fsp3) is 0.471. The average Bonchev–Trinajstić information content (AvgIpc) is 2.98. The van der Waals surface area contributed by atoms with Gasteiger partial charge in [0.05, 0.1) is 24.1 Å². The van der Waals surface area contributed by atoms with E-state index in [1.807, 2.05) is 35.6 Å². The van der Waals surface area contributed by atoms with Crippen molar-refractivity contribution in [3.8, 4) is 5.88 Å². The number of carbonyl (C=O) groups is 1. The van der Waals surface area contributed by atoms with Crippen LogP contribution in [0.1, 0.15) is 30.6 Å². The second kappa shape index (κ2) is 7.61. The number of hydrogen-bond donors (Lipinski definition) is 0. The summed E-state index contributed by atoms with van der Waals surface area (Å²) in [5.41, 5.74) is 0.778. The molecule has 3 rings (SSSR count). The molecule has 1 aliphatic heterocycles. The van der Waals surface area contributed by atoms with Crippen LogP contribution in [0.4, 0.5) is 5.82 Å². The van der Waals surface area contributed by atoms with Crippen LogP contribution in [0.15, 0.2) is 29.2 Å². The maximum atomic E-state index is 12.5. The van der Waals surface area contributed by atoms with E-state index in [9.17, 15) is 4.79 Å². The van der Waals surface area contributed by atoms with Crippen LogP contribution in [-0.4, -0.2) is 53.1 Å². The van der Waals surface area contributed by atoms with E-state index in [2.05, 4.69) is 14.9 Å². The molecule has 0 unspecified atom stereocenters. The summed E-state index contributed by atoms with van der Waals surface area (Å²) in [6.07, 6.45) is 4.36. The number of anilines is 1. The van der Waals surface area contributed by atoms with Crippen LogP contribution in [0.25, 0.3) is 0 Å². The van der Waals surface area contributed by atoms with Crippen LogP contribution in [0, 0.1) is 0 Å². The van der Waals surface area contributed by atoms with Crippen LogP contribution in [0.3, 0.4) is 0 Å². The lowest BCUT2D eigenvalue weighted by Gasteiger charge is -2.23. The van der Waals surface area contributed by atoms with Crippen molar-refractivity contribution >= 4 is 23.1 Å². The molecule has 0 aliphatic carbocycles. The molecular weight excluding hydrogens is 324 g/mol. The summed E-state index contributed by atoms with van der Waals surface area (Å²) in [4.78, 5) is 25.4. The van der Waals surface area contributed by atoms with Crippen molar-refractivity contribution in [3.63, 3.8) is 0 Å². The summed E-state index contributed by atoms with van der Waals surface area (Å²) in [5, 5.41) is 3.84. The van der Waals surface area contributed by atoms with Gasteiger partial charge in [0.1, 0.15) is 0 Å². The first-order chi connectivity index (χ1) is 11.6. The zero-order valence-electron chi connectivity index (χ0n) is 14.0. The van der Waals surface area contributed by atoms with E-state index in [1.165, 1.54) is 0 Å². The van der Waals surface area contributed by atoms with Crippen LogP contribution >= 0.6 is 11.3 Å². The molecule has 3 heterocycles. The Morgan fingerprint density at radius 3 is 2.88 bits per heavy atom. The molecule has 0 bridgehead atoms. The Bertz CT molecular complexity index is 675. The highest BCUT2D eigenvalue weighted by molar-refractivity contribution is 7.08. The van der Waals surface area contributed by atoms with Gasteiger partial charge in [0, 0.05) is 31.6 Å². The van der Waals surface area contributed by atoms with Crippen molar-refractivity contribution in [2.75, 3.05) is 31.1 Å². The molecule has 0 aromatic carbocycles. The Morgan fingerprint density at radius 2 is 2.12 bits per heavy atom. The lowest BCUT2D eigenvalue weighted by atomic mass is 10.3. The predicted octanol–water partition coefficient (Wildman–Crippen LogP) is 2.68. The Labute approximate surface area is 146 Å². The molecule has 0 spiro atoms. The van der Waals surface area contributed by atoms with Gasteiger partial charge >= 0.3 is 0 Å². The van der Waals surface area contributed by atoms with Gasteiger partial charge in [-0.15, -0.1) is 0 Å². The number of nitrogens with zero attached hydrogens (tertiary/aromatic N) is 4. The number of carbonyl (C=O) groups excluding carboxylic acids is 1. The predicted molar refractivity (Wildman–Crippen MR) is 94.8 cm³/mol. The fourth-order valence-electron chi connectivity index (χ4n) is 2.71. The highest BCUT2D eigenvalue weighted by atomic mass is 32.1. The van der Waals surface area contributed by atoms with E-state index in [4.69, 9.17) is 4.74 Å². The molecule has 6 nitrogen and oxygen atoms in total. The molecule has 0 saturated carbocycles. The largest absolute Gasteiger partial charge is 0.474 e. The summed E-state index contributed by atoms with van der Waals surface area (Å²) in [6.45, 7) is 6.98. The molecule has 1 fully saturated rings. The lowest BCUT2D eigenvalue weighted by molar-refractivity contribution is 0.0767. The van der Waals surface area contributed by atoms with E-state index < -0.39 is 0 Å². The van der Waals surface area contributed by atoms with Crippen LogP contribution in [0.5, 0.6) is 5.88 Å². The highest BCUT2D eigenvalue weighted by Crippen LogP contribution is 2.18. The molecular formula is C17H22N4O2S. The molecule has 24 heavy (non-hydrogen) atoms. The van der Waals surface area contributed by atoms with Gasteiger partial charge in [-0.3, -0.25) is 9.78 Å². The number of amides is 1. The molecule has 7 heteroatoms. The molecule has 1 amide bonds. The maximum Gasteiger partial charge on any atom is 0.254 e. The van der Waals surface area contributed by atoms with E-state index in [-0.39, 0.29) is 12.0 Å². The van der Waals surface area contributed by atoms with Gasteiger partial charge in [-0.25, -0.2) is 0 Å². The Morgan fingerprint density at radius 1 is 1.25 bits per heavy atom.